The van der Waals surface area contributed by atoms with Gasteiger partial charge in [0, 0.05) is 41.2 Å². The number of halogens is 4. The molecule has 540 valence electrons. The summed E-state index contributed by atoms with van der Waals surface area (Å²) < 4.78 is 63.3. The summed E-state index contributed by atoms with van der Waals surface area (Å²) in [6.45, 7) is 20.4. The van der Waals surface area contributed by atoms with E-state index in [4.69, 9.17) is 94.0 Å². The van der Waals surface area contributed by atoms with Crippen LogP contribution in [0.5, 0.6) is 11.5 Å². The quantitative estimate of drug-likeness (QED) is 0.0105. The normalized spacial score (nSPS) is 16.1. The minimum atomic E-state index is -1.40. The van der Waals surface area contributed by atoms with Crippen molar-refractivity contribution in [3.63, 3.8) is 0 Å². The Kier molecular flexibility index (Phi) is 45.6. The predicted octanol–water partition coefficient (Wildman–Crippen LogP) is 6.60. The molecule has 0 radical (unpaired) electrons. The number of carbonyl (C=O) groups excluding carboxylic acids is 8. The van der Waals surface area contributed by atoms with Gasteiger partial charge < -0.3 is 80.6 Å². The molecule has 2 saturated carbocycles. The molecule has 2 aliphatic rings. The number of hydrogen-bond donors (Lipinski definition) is 5. The van der Waals surface area contributed by atoms with Crippen molar-refractivity contribution in [1.82, 2.24) is 21.3 Å². The number of benzene rings is 4. The van der Waals surface area contributed by atoms with E-state index in [0.717, 1.165) is 43.2 Å². The first-order valence-electron chi connectivity index (χ1n) is 31.6. The third-order valence-corrected chi connectivity index (χ3v) is 13.9. The molecule has 4 aromatic rings. The Morgan fingerprint density at radius 2 is 0.939 bits per heavy atom. The zero-order chi connectivity index (χ0) is 73.8. The van der Waals surface area contributed by atoms with Crippen LogP contribution < -0.4 is 174 Å². The van der Waals surface area contributed by atoms with E-state index in [1.165, 1.54) is 41.5 Å². The van der Waals surface area contributed by atoms with Gasteiger partial charge >= 0.3 is 174 Å². The summed E-state index contributed by atoms with van der Waals surface area (Å²) in [5.74, 6) is -1.20. The van der Waals surface area contributed by atoms with E-state index in [0.29, 0.717) is 77.9 Å². The molecular formula is C68H92Cl3Cs2FN4O21. The number of esters is 1. The summed E-state index contributed by atoms with van der Waals surface area (Å²) in [6.07, 6.45) is 2.17. The first-order chi connectivity index (χ1) is 45.9. The number of ether oxygens (including phenoxy) is 9. The van der Waals surface area contributed by atoms with E-state index in [2.05, 4.69) is 26.2 Å². The number of alkyl carbamates (subject to hydrolysis) is 2. The first kappa shape index (κ1) is 92.8. The van der Waals surface area contributed by atoms with E-state index in [1.807, 2.05) is 24.3 Å². The van der Waals surface area contributed by atoms with Crippen molar-refractivity contribution in [3.8, 4) is 11.5 Å². The molecule has 0 spiro atoms. The topological polar surface area (TPSA) is 337 Å². The Morgan fingerprint density at radius 3 is 1.27 bits per heavy atom. The Bertz CT molecular complexity index is 3140. The maximum absolute atomic E-state index is 12.9. The minimum absolute atomic E-state index is 0. The SMILES string of the molecule is CC(C)(Oc1ccc(CCNC(=O)c2ccc(Cl)cc2)cc1)C(=O)O.CC(Cl)OC(=O)O[C@@H]1CCCC[C@H]1NC(=O)OC(C)(C)C.CC(OC(=O)O[C@@H]1CCCC[C@H]1NC(=O)OC(C)(C)C)OC(=O)C(C)(C)Oc1ccc(CCNC(=O)c2ccc(Cl)cc2)cc1.O=CO[O-].[2H]CF.[Cs+].[Cs+].[H-]. The van der Waals surface area contributed by atoms with Gasteiger partial charge in [0.25, 0.3) is 18.3 Å². The van der Waals surface area contributed by atoms with E-state index in [9.17, 15) is 42.7 Å². The largest absolute Gasteiger partial charge is 1.00 e. The number of alkyl halides is 2. The number of carboxylic acids is 1. The zero-order valence-electron chi connectivity index (χ0n) is 60.6. The average molecular weight is 1690 g/mol. The molecule has 5 N–H and O–H groups in total. The molecule has 2 aliphatic carbocycles. The van der Waals surface area contributed by atoms with Gasteiger partial charge in [-0.3, -0.25) is 18.8 Å². The fraction of sp³-hybridized carbons (Fsp3) is 0.515. The van der Waals surface area contributed by atoms with Gasteiger partial charge in [-0.25, -0.2) is 28.8 Å². The maximum Gasteiger partial charge on any atom is 1.00 e. The molecule has 0 heterocycles. The van der Waals surface area contributed by atoms with Crippen LogP contribution in [0.3, 0.4) is 0 Å². The monoisotopic (exact) mass is 1690 g/mol. The van der Waals surface area contributed by atoms with Gasteiger partial charge in [0.1, 0.15) is 34.9 Å². The zero-order valence-corrected chi connectivity index (χ0v) is 73.4. The molecule has 6 atom stereocenters. The number of rotatable bonds is 22. The number of nitrogens with one attached hydrogen (secondary N) is 4. The van der Waals surface area contributed by atoms with Crippen LogP contribution in [0.25, 0.3) is 0 Å². The van der Waals surface area contributed by atoms with Crippen molar-refractivity contribution in [2.45, 2.75) is 206 Å². The Balaban J connectivity index is 0. The molecule has 99 heavy (non-hydrogen) atoms. The smallest absolute Gasteiger partial charge is 1.00 e. The van der Waals surface area contributed by atoms with Crippen LogP contribution in [-0.4, -0.2) is 139 Å². The van der Waals surface area contributed by atoms with Crippen LogP contribution in [0.2, 0.25) is 10.0 Å². The van der Waals surface area contributed by atoms with Crippen molar-refractivity contribution >= 4 is 89.5 Å². The van der Waals surface area contributed by atoms with Crippen LogP contribution in [-0.2, 0) is 65.3 Å². The van der Waals surface area contributed by atoms with Crippen LogP contribution in [0.1, 0.15) is 169 Å². The Hall–Kier alpha value is -4.23. The summed E-state index contributed by atoms with van der Waals surface area (Å²) >= 11 is 17.2. The van der Waals surface area contributed by atoms with Crippen LogP contribution >= 0.6 is 34.8 Å². The summed E-state index contributed by atoms with van der Waals surface area (Å²) in [7, 11) is -1.00. The number of carboxylic acid groups (broad SMARTS) is 1. The molecule has 2 unspecified atom stereocenters. The fourth-order valence-corrected chi connectivity index (χ4v) is 9.11. The second-order valence-electron chi connectivity index (χ2n) is 24.7. The molecule has 2 fully saturated rings. The molecule has 0 aliphatic heterocycles. The molecule has 0 saturated heterocycles. The predicted molar refractivity (Wildman–Crippen MR) is 357 cm³/mol. The van der Waals surface area contributed by atoms with E-state index in [1.54, 1.807) is 114 Å². The molecule has 4 aromatic carbocycles. The third kappa shape index (κ3) is 41.0. The van der Waals surface area contributed by atoms with Gasteiger partial charge in [-0.05, 0) is 211 Å². The molecule has 0 aromatic heterocycles. The molecular weight excluding hydrogens is 1600 g/mol. The Morgan fingerprint density at radius 1 is 0.596 bits per heavy atom. The van der Waals surface area contributed by atoms with Crippen molar-refractivity contribution in [1.29, 1.82) is 0 Å². The number of aliphatic carboxylic acids is 1. The van der Waals surface area contributed by atoms with Gasteiger partial charge in [0.15, 0.2) is 16.8 Å². The average Bonchev–Trinajstić information content (AvgIpc) is 0.861. The summed E-state index contributed by atoms with van der Waals surface area (Å²) in [4.78, 5) is 107. The van der Waals surface area contributed by atoms with E-state index < -0.39 is 96.1 Å². The number of amides is 4. The second-order valence-corrected chi connectivity index (χ2v) is 26.2. The second kappa shape index (κ2) is 48.7. The summed E-state index contributed by atoms with van der Waals surface area (Å²) in [6, 6.07) is 26.9. The third-order valence-electron chi connectivity index (χ3n) is 13.3. The van der Waals surface area contributed by atoms with Crippen LogP contribution in [0.15, 0.2) is 97.1 Å². The van der Waals surface area contributed by atoms with E-state index in [-0.39, 0.29) is 164 Å². The molecule has 6 rings (SSSR count). The summed E-state index contributed by atoms with van der Waals surface area (Å²) in [5.41, 5.74) is -1.61. The van der Waals surface area contributed by atoms with Gasteiger partial charge in [0.2, 0.25) is 6.29 Å². The van der Waals surface area contributed by atoms with Gasteiger partial charge in [-0.1, -0.05) is 71.9 Å². The Labute approximate surface area is 714 Å². The van der Waals surface area contributed by atoms with Crippen LogP contribution in [0.4, 0.5) is 23.6 Å². The van der Waals surface area contributed by atoms with Crippen molar-refractivity contribution < 1.29 is 246 Å². The molecule has 0 bridgehead atoms. The van der Waals surface area contributed by atoms with Gasteiger partial charge in [-0.2, -0.15) is 0 Å². The van der Waals surface area contributed by atoms with Gasteiger partial charge in [-0.15, -0.1) is 0 Å². The molecule has 25 nitrogen and oxygen atoms in total. The molecule has 31 heteroatoms. The van der Waals surface area contributed by atoms with Crippen LogP contribution in [0, 0.1) is 0 Å². The number of hydrogen-bond acceptors (Lipinski definition) is 20. The van der Waals surface area contributed by atoms with Gasteiger partial charge in [0.05, 0.1) is 20.6 Å². The van der Waals surface area contributed by atoms with Crippen molar-refractivity contribution in [2.24, 2.45) is 0 Å². The number of carbonyl (C=O) groups is 9. The van der Waals surface area contributed by atoms with Crippen molar-refractivity contribution in [2.75, 3.05) is 20.2 Å². The fourth-order valence-electron chi connectivity index (χ4n) is 8.78. The maximum atomic E-state index is 12.9. The summed E-state index contributed by atoms with van der Waals surface area (Å²) in [5, 5.41) is 29.9. The molecule has 4 amide bonds. The first-order valence-corrected chi connectivity index (χ1v) is 32.1. The van der Waals surface area contributed by atoms with E-state index >= 15 is 0 Å². The minimum Gasteiger partial charge on any atom is -1.00 e. The standard InChI is InChI=1S/C33H43ClN2O9.C19H20ClNO4.C14H24ClNO5.CH3F.CH2O3.2Cs.H/c1-21(42-31(40)43-27-10-8-7-9-26(27)36-30(39)45-32(2,3)4)41-29(38)33(5,6)44-25-17-11-22(12-18-25)19-20-35-28(37)23-13-15-24(34)16-14-23;1-19(2,18(23)24)25-16-9-3-13(4-10-16)11-12-21-17(22)14-5-7-15(20)8-6-14;1-9(15)19-13(18)20-11-8-6-5-7-10(11)16-12(17)21-14(2,3)4;1-2;2-1-4-3;;;/h11-18,21,26-27H,7-10,19-20H2,1-6H3,(H,35,37)(H,36,39);3-10H,11-12H2,1-2H3,(H,21,22)(H,23,24);9-11H,5-8H2,1-4H3,(H,16,17);1H3;1,3H;;;/q;;;;;2*+1;-1/p-1/t21?,26-,27-;;9?,10-,11-;;;;;/m1.1...../s1/i;;;1D;;;;. The van der Waals surface area contributed by atoms with Crippen molar-refractivity contribution in [3.05, 3.63) is 129 Å².